The number of anilines is 1. The Bertz CT molecular complexity index is 792. The molecule has 2 N–H and O–H groups in total. The molecular weight excluding hydrogens is 284 g/mol. The number of aryl methyl sites for hydroxylation is 1. The van der Waals surface area contributed by atoms with Gasteiger partial charge in [-0.2, -0.15) is 16.6 Å². The van der Waals surface area contributed by atoms with Gasteiger partial charge in [-0.25, -0.2) is 0 Å². The van der Waals surface area contributed by atoms with Gasteiger partial charge in [0.1, 0.15) is 10.9 Å². The highest BCUT2D eigenvalue weighted by Crippen LogP contribution is 2.46. The summed E-state index contributed by atoms with van der Waals surface area (Å²) in [6.07, 6.45) is 0. The van der Waals surface area contributed by atoms with Crippen LogP contribution in [0.15, 0.2) is 41.1 Å². The van der Waals surface area contributed by atoms with Gasteiger partial charge in [0.2, 0.25) is 0 Å². The fraction of sp³-hybridized carbons (Fsp3) is 0.0625. The van der Waals surface area contributed by atoms with Crippen LogP contribution in [-0.4, -0.2) is 0 Å². The van der Waals surface area contributed by atoms with Crippen LogP contribution in [0.1, 0.15) is 10.4 Å². The van der Waals surface area contributed by atoms with E-state index in [1.807, 2.05) is 30.3 Å². The predicted molar refractivity (Wildman–Crippen MR) is 86.9 cm³/mol. The monoisotopic (exact) mass is 296 g/mol. The number of hydrogen-bond acceptors (Lipinski definition) is 4. The summed E-state index contributed by atoms with van der Waals surface area (Å²) in [5.74, 6) is 0. The molecule has 0 bridgehead atoms. The predicted octanol–water partition coefficient (Wildman–Crippen LogP) is 4.91. The van der Waals surface area contributed by atoms with Crippen molar-refractivity contribution in [3.05, 3.63) is 51.5 Å². The molecule has 3 rings (SSSR count). The fourth-order valence-electron chi connectivity index (χ4n) is 2.20. The molecule has 98 valence electrons. The Morgan fingerprint density at radius 2 is 1.90 bits per heavy atom. The lowest BCUT2D eigenvalue weighted by Crippen LogP contribution is -1.89. The van der Waals surface area contributed by atoms with Crippen LogP contribution in [0.3, 0.4) is 0 Å². The molecule has 0 spiro atoms. The normalized spacial score (nSPS) is 10.4. The summed E-state index contributed by atoms with van der Waals surface area (Å²) in [4.78, 5) is 1.67. The molecule has 2 aromatic heterocycles. The molecule has 2 heterocycles. The summed E-state index contributed by atoms with van der Waals surface area (Å²) in [5.41, 5.74) is 11.2. The molecular formula is C16H12N2S2. The van der Waals surface area contributed by atoms with Crippen molar-refractivity contribution in [2.45, 2.75) is 6.92 Å². The largest absolute Gasteiger partial charge is 0.396 e. The zero-order chi connectivity index (χ0) is 14.1. The van der Waals surface area contributed by atoms with Crippen LogP contribution in [0.5, 0.6) is 0 Å². The Hall–Kier alpha value is -2.09. The Morgan fingerprint density at radius 1 is 1.15 bits per heavy atom. The minimum atomic E-state index is 0.587. The second-order valence-corrected chi connectivity index (χ2v) is 6.26. The minimum Gasteiger partial charge on any atom is -0.396 e. The maximum atomic E-state index is 9.25. The summed E-state index contributed by atoms with van der Waals surface area (Å²) < 4.78 is 0. The van der Waals surface area contributed by atoms with Crippen LogP contribution in [0.25, 0.3) is 21.6 Å². The van der Waals surface area contributed by atoms with Gasteiger partial charge < -0.3 is 5.73 Å². The average molecular weight is 296 g/mol. The van der Waals surface area contributed by atoms with E-state index in [1.54, 1.807) is 11.3 Å². The van der Waals surface area contributed by atoms with Crippen molar-refractivity contribution in [3.8, 4) is 27.6 Å². The molecule has 4 heteroatoms. The lowest BCUT2D eigenvalue weighted by molar-refractivity contribution is 1.52. The van der Waals surface area contributed by atoms with Crippen LogP contribution >= 0.6 is 22.7 Å². The maximum Gasteiger partial charge on any atom is 0.129 e. The standard InChI is InChI=1S/C16H12N2S2/c1-10-8-19-9-12(10)16-14(11-5-3-2-4-6-11)15(18)13(7-17)20-16/h2-6,8-9H,18H2,1H3. The summed E-state index contributed by atoms with van der Waals surface area (Å²) >= 11 is 3.14. The van der Waals surface area contributed by atoms with E-state index < -0.39 is 0 Å². The zero-order valence-electron chi connectivity index (χ0n) is 10.9. The van der Waals surface area contributed by atoms with E-state index in [4.69, 9.17) is 5.73 Å². The Balaban J connectivity index is 2.31. The molecule has 0 saturated heterocycles. The fourth-order valence-corrected chi connectivity index (χ4v) is 4.24. The van der Waals surface area contributed by atoms with Crippen molar-refractivity contribution < 1.29 is 0 Å². The van der Waals surface area contributed by atoms with Gasteiger partial charge in [0, 0.05) is 16.0 Å². The second-order valence-electron chi connectivity index (χ2n) is 4.50. The van der Waals surface area contributed by atoms with Crippen molar-refractivity contribution in [1.29, 1.82) is 5.26 Å². The first-order chi connectivity index (χ1) is 9.72. The van der Waals surface area contributed by atoms with E-state index in [1.165, 1.54) is 22.5 Å². The van der Waals surface area contributed by atoms with Crippen molar-refractivity contribution >= 4 is 28.4 Å². The van der Waals surface area contributed by atoms with Gasteiger partial charge in [-0.05, 0) is 28.8 Å². The number of benzene rings is 1. The smallest absolute Gasteiger partial charge is 0.129 e. The maximum absolute atomic E-state index is 9.25. The van der Waals surface area contributed by atoms with Crippen molar-refractivity contribution in [3.63, 3.8) is 0 Å². The SMILES string of the molecule is Cc1cscc1-c1sc(C#N)c(N)c1-c1ccccc1. The van der Waals surface area contributed by atoms with Crippen molar-refractivity contribution in [1.82, 2.24) is 0 Å². The van der Waals surface area contributed by atoms with E-state index >= 15 is 0 Å². The molecule has 0 amide bonds. The van der Waals surface area contributed by atoms with Crippen LogP contribution in [0.2, 0.25) is 0 Å². The Labute approximate surface area is 125 Å². The first-order valence-electron chi connectivity index (χ1n) is 6.13. The lowest BCUT2D eigenvalue weighted by Gasteiger charge is -2.05. The summed E-state index contributed by atoms with van der Waals surface area (Å²) in [7, 11) is 0. The van der Waals surface area contributed by atoms with Crippen molar-refractivity contribution in [2.75, 3.05) is 5.73 Å². The Morgan fingerprint density at radius 3 is 2.50 bits per heavy atom. The molecule has 20 heavy (non-hydrogen) atoms. The van der Waals surface area contributed by atoms with Gasteiger partial charge in [0.15, 0.2) is 0 Å². The Kier molecular flexibility index (Phi) is 3.31. The molecule has 2 nitrogen and oxygen atoms in total. The number of nitrogens with zero attached hydrogens (tertiary/aromatic N) is 1. The topological polar surface area (TPSA) is 49.8 Å². The number of hydrogen-bond donors (Lipinski definition) is 1. The van der Waals surface area contributed by atoms with Crippen LogP contribution in [0, 0.1) is 18.3 Å². The lowest BCUT2D eigenvalue weighted by atomic mass is 10.0. The molecule has 0 aliphatic carbocycles. The number of thiophene rings is 2. The average Bonchev–Trinajstić information content (AvgIpc) is 3.03. The van der Waals surface area contributed by atoms with Gasteiger partial charge in [-0.15, -0.1) is 11.3 Å². The molecule has 0 fully saturated rings. The van der Waals surface area contributed by atoms with Crippen LogP contribution in [-0.2, 0) is 0 Å². The number of nitrogen functional groups attached to an aromatic ring is 1. The van der Waals surface area contributed by atoms with Gasteiger partial charge in [-0.1, -0.05) is 30.3 Å². The molecule has 0 saturated carbocycles. The quantitative estimate of drug-likeness (QED) is 0.730. The molecule has 0 aliphatic rings. The summed E-state index contributed by atoms with van der Waals surface area (Å²) in [5, 5.41) is 13.5. The highest BCUT2D eigenvalue weighted by Gasteiger charge is 2.19. The molecule has 3 aromatic rings. The van der Waals surface area contributed by atoms with Crippen molar-refractivity contribution in [2.24, 2.45) is 0 Å². The van der Waals surface area contributed by atoms with E-state index in [-0.39, 0.29) is 0 Å². The zero-order valence-corrected chi connectivity index (χ0v) is 12.5. The van der Waals surface area contributed by atoms with E-state index in [2.05, 4.69) is 23.8 Å². The van der Waals surface area contributed by atoms with E-state index in [0.717, 1.165) is 16.0 Å². The molecule has 0 atom stereocenters. The highest BCUT2D eigenvalue weighted by atomic mass is 32.1. The number of rotatable bonds is 2. The third-order valence-electron chi connectivity index (χ3n) is 3.21. The van der Waals surface area contributed by atoms with Gasteiger partial charge in [-0.3, -0.25) is 0 Å². The number of nitrogens with two attached hydrogens (primary N) is 1. The van der Waals surface area contributed by atoms with Crippen LogP contribution < -0.4 is 5.73 Å². The molecule has 0 aliphatic heterocycles. The third-order valence-corrected chi connectivity index (χ3v) is 5.21. The first kappa shape index (κ1) is 12.9. The summed E-state index contributed by atoms with van der Waals surface area (Å²) in [6.45, 7) is 2.09. The molecule has 0 radical (unpaired) electrons. The van der Waals surface area contributed by atoms with E-state index in [9.17, 15) is 5.26 Å². The molecule has 0 unspecified atom stereocenters. The minimum absolute atomic E-state index is 0.587. The van der Waals surface area contributed by atoms with Gasteiger partial charge >= 0.3 is 0 Å². The third kappa shape index (κ3) is 2.01. The van der Waals surface area contributed by atoms with Gasteiger partial charge in [0.05, 0.1) is 5.69 Å². The van der Waals surface area contributed by atoms with Crippen LogP contribution in [0.4, 0.5) is 5.69 Å². The summed E-state index contributed by atoms with van der Waals surface area (Å²) in [6, 6.07) is 12.2. The first-order valence-corrected chi connectivity index (χ1v) is 7.89. The number of nitriles is 1. The molecule has 1 aromatic carbocycles. The van der Waals surface area contributed by atoms with E-state index in [0.29, 0.717) is 10.6 Å². The second kappa shape index (κ2) is 5.12. The van der Waals surface area contributed by atoms with Gasteiger partial charge in [0.25, 0.3) is 0 Å². The highest BCUT2D eigenvalue weighted by molar-refractivity contribution is 7.18.